The normalized spacial score (nSPS) is 10.9. The standard InChI is InChI=1S/C21H23.C17H15.C2H6Si.2ClH.Zr/c1-3-4-9-16(2)19-14-18-12-8-13-20(21(18)15-19)17-10-6-5-7-11-17;1-12-10-16-13(2)8-9-15(17(16)11-12)14-6-4-3-5-7-14;1-3-2;;;/h5-8,10-16H,3-4,9H2,1-2H3;3-11H,1-2H3;1-2H3;2*1H;/q2*-1;;;;+2/p-2. The molecule has 6 aromatic rings. The van der Waals surface area contributed by atoms with Gasteiger partial charge in [0.25, 0.3) is 0 Å². The Labute approximate surface area is 293 Å². The van der Waals surface area contributed by atoms with Gasteiger partial charge in [0.2, 0.25) is 0 Å². The Kier molecular flexibility index (Phi) is 16.1. The van der Waals surface area contributed by atoms with Gasteiger partial charge in [-0.25, -0.2) is 0 Å². The van der Waals surface area contributed by atoms with Crippen molar-refractivity contribution in [2.24, 2.45) is 0 Å². The van der Waals surface area contributed by atoms with Gasteiger partial charge in [0.15, 0.2) is 0 Å². The number of fused-ring (bicyclic) bond motifs is 2. The minimum Gasteiger partial charge on any atom is -1.00 e. The molecule has 0 saturated heterocycles. The second-order valence-corrected chi connectivity index (χ2v) is 21.0. The largest absolute Gasteiger partial charge is 1.00 e. The van der Waals surface area contributed by atoms with Crippen LogP contribution in [-0.4, -0.2) is 5.43 Å². The zero-order valence-corrected chi connectivity index (χ0v) is 31.9. The third-order valence-electron chi connectivity index (χ3n) is 7.75. The SMILES string of the molecule is CCCCC(C)c1cc2c(-c3ccccc3)cccc2[cH-]1.C[Si](C)=[Zr+2].Cc1cc2c(-c3ccccc3)ccc(C)c2[cH-]1.[Cl-].[Cl-]. The van der Waals surface area contributed by atoms with Crippen LogP contribution in [0.15, 0.2) is 115 Å². The summed E-state index contributed by atoms with van der Waals surface area (Å²) in [6.45, 7) is 13.6. The van der Waals surface area contributed by atoms with E-state index in [0.717, 1.165) is 0 Å². The molecule has 0 N–H and O–H groups in total. The maximum Gasteiger partial charge on any atom is -0.0279 e. The number of unbranched alkanes of at least 4 members (excludes halogenated alkanes) is 1. The molecule has 0 aliphatic carbocycles. The predicted octanol–water partition coefficient (Wildman–Crippen LogP) is 6.15. The summed E-state index contributed by atoms with van der Waals surface area (Å²) < 4.78 is 0. The third kappa shape index (κ3) is 10.1. The summed E-state index contributed by atoms with van der Waals surface area (Å²) in [5, 5.41) is 5.51. The van der Waals surface area contributed by atoms with Gasteiger partial charge >= 0.3 is 41.9 Å². The molecule has 228 valence electrons. The van der Waals surface area contributed by atoms with Crippen LogP contribution in [0.3, 0.4) is 0 Å². The Bertz CT molecular complexity index is 1730. The monoisotopic (exact) mass is 712 g/mol. The van der Waals surface area contributed by atoms with Gasteiger partial charge in [-0.15, -0.1) is 68.6 Å². The van der Waals surface area contributed by atoms with Crippen LogP contribution >= 0.6 is 0 Å². The zero-order chi connectivity index (χ0) is 30.1. The van der Waals surface area contributed by atoms with E-state index in [2.05, 4.69) is 156 Å². The van der Waals surface area contributed by atoms with Gasteiger partial charge in [-0.05, 0) is 23.5 Å². The molecule has 6 rings (SSSR count). The summed E-state index contributed by atoms with van der Waals surface area (Å²) in [5.74, 6) is 0.654. The van der Waals surface area contributed by atoms with Crippen LogP contribution in [0, 0.1) is 13.8 Å². The zero-order valence-electron chi connectivity index (χ0n) is 26.9. The fourth-order valence-corrected chi connectivity index (χ4v) is 5.55. The number of hydrogen-bond donors (Lipinski definition) is 0. The van der Waals surface area contributed by atoms with E-state index in [1.165, 1.54) is 79.8 Å². The first-order chi connectivity index (χ1) is 20.3. The topological polar surface area (TPSA) is 0 Å². The fraction of sp³-hybridized carbons (Fsp3) is 0.250. The van der Waals surface area contributed by atoms with Crippen molar-refractivity contribution in [1.29, 1.82) is 0 Å². The minimum atomic E-state index is 0. The van der Waals surface area contributed by atoms with Crippen LogP contribution in [0.2, 0.25) is 13.1 Å². The van der Waals surface area contributed by atoms with Crippen molar-refractivity contribution in [1.82, 2.24) is 0 Å². The van der Waals surface area contributed by atoms with Gasteiger partial charge in [-0.1, -0.05) is 124 Å². The van der Waals surface area contributed by atoms with Crippen molar-refractivity contribution in [3.05, 3.63) is 132 Å². The molecule has 0 fully saturated rings. The first kappa shape index (κ1) is 38.0. The Morgan fingerprint density at radius 1 is 0.705 bits per heavy atom. The summed E-state index contributed by atoms with van der Waals surface area (Å²) in [6, 6.07) is 41.7. The maximum absolute atomic E-state index is 2.40. The van der Waals surface area contributed by atoms with E-state index in [1.54, 1.807) is 23.3 Å². The molecule has 0 aliphatic rings. The van der Waals surface area contributed by atoms with Gasteiger partial charge in [-0.2, -0.15) is 12.1 Å². The van der Waals surface area contributed by atoms with E-state index in [4.69, 9.17) is 0 Å². The number of aryl methyl sites for hydroxylation is 2. The number of rotatable bonds is 6. The number of halogens is 2. The van der Waals surface area contributed by atoms with Crippen LogP contribution in [-0.2, 0) is 23.3 Å². The van der Waals surface area contributed by atoms with Crippen molar-refractivity contribution < 1.29 is 48.1 Å². The molecule has 0 nitrogen and oxygen atoms in total. The first-order valence-corrected chi connectivity index (χ1v) is 21.5. The molecule has 1 unspecified atom stereocenters. The molecule has 0 heterocycles. The van der Waals surface area contributed by atoms with Crippen molar-refractivity contribution >= 4 is 27.0 Å². The molecular formula is C40H44Cl2SiZr-2. The van der Waals surface area contributed by atoms with Crippen molar-refractivity contribution in [2.45, 2.75) is 66.0 Å². The Balaban J connectivity index is 0.000000267. The van der Waals surface area contributed by atoms with E-state index < -0.39 is 0 Å². The second-order valence-electron chi connectivity index (χ2n) is 11.7. The van der Waals surface area contributed by atoms with Crippen molar-refractivity contribution in [3.8, 4) is 22.3 Å². The molecule has 0 spiro atoms. The van der Waals surface area contributed by atoms with Gasteiger partial charge in [-0.3, -0.25) is 0 Å². The van der Waals surface area contributed by atoms with Crippen molar-refractivity contribution in [2.75, 3.05) is 0 Å². The van der Waals surface area contributed by atoms with Crippen LogP contribution in [0.1, 0.15) is 55.7 Å². The fourth-order valence-electron chi connectivity index (χ4n) is 5.55. The molecule has 0 radical (unpaired) electrons. The van der Waals surface area contributed by atoms with Gasteiger partial charge < -0.3 is 24.8 Å². The van der Waals surface area contributed by atoms with Gasteiger partial charge in [0.05, 0.1) is 0 Å². The quantitative estimate of drug-likeness (QED) is 0.144. The summed E-state index contributed by atoms with van der Waals surface area (Å²) in [6.07, 6.45) is 3.88. The van der Waals surface area contributed by atoms with Crippen LogP contribution < -0.4 is 24.8 Å². The van der Waals surface area contributed by atoms with E-state index >= 15 is 0 Å². The van der Waals surface area contributed by atoms with E-state index in [1.807, 2.05) is 0 Å². The molecule has 0 bridgehead atoms. The van der Waals surface area contributed by atoms with E-state index in [9.17, 15) is 0 Å². The summed E-state index contributed by atoms with van der Waals surface area (Å²) in [5.41, 5.74) is 9.68. The molecule has 0 amide bonds. The molecule has 0 saturated carbocycles. The second kappa shape index (κ2) is 18.7. The third-order valence-corrected chi connectivity index (χ3v) is 7.75. The van der Waals surface area contributed by atoms with Crippen LogP contribution in [0.4, 0.5) is 0 Å². The molecule has 6 aromatic carbocycles. The Morgan fingerprint density at radius 2 is 1.27 bits per heavy atom. The van der Waals surface area contributed by atoms with Crippen LogP contribution in [0.25, 0.3) is 43.8 Å². The maximum atomic E-state index is 2.40. The molecule has 0 aromatic heterocycles. The number of benzene rings is 4. The summed E-state index contributed by atoms with van der Waals surface area (Å²) >= 11 is 1.74. The van der Waals surface area contributed by atoms with Gasteiger partial charge in [0.1, 0.15) is 0 Å². The van der Waals surface area contributed by atoms with Gasteiger partial charge in [0, 0.05) is 0 Å². The summed E-state index contributed by atoms with van der Waals surface area (Å²) in [7, 11) is 0. The predicted molar refractivity (Wildman–Crippen MR) is 185 cm³/mol. The average Bonchev–Trinajstić information content (AvgIpc) is 3.61. The molecular weight excluding hydrogens is 671 g/mol. The Morgan fingerprint density at radius 3 is 1.84 bits per heavy atom. The van der Waals surface area contributed by atoms with Crippen molar-refractivity contribution in [3.63, 3.8) is 0 Å². The molecule has 44 heavy (non-hydrogen) atoms. The Hall–Kier alpha value is -2.22. The molecule has 0 aliphatic heterocycles. The minimum absolute atomic E-state index is 0. The first-order valence-electron chi connectivity index (χ1n) is 15.3. The van der Waals surface area contributed by atoms with Crippen LogP contribution in [0.5, 0.6) is 0 Å². The average molecular weight is 715 g/mol. The summed E-state index contributed by atoms with van der Waals surface area (Å²) in [4.78, 5) is 0. The number of hydrogen-bond acceptors (Lipinski definition) is 0. The van der Waals surface area contributed by atoms with E-state index in [-0.39, 0.29) is 30.2 Å². The smallest absolute Gasteiger partial charge is 0.0279 e. The molecule has 4 heteroatoms. The molecule has 1 atom stereocenters. The van der Waals surface area contributed by atoms with E-state index in [0.29, 0.717) is 5.92 Å².